The molecule has 0 aliphatic heterocycles. The second kappa shape index (κ2) is 7.51. The van der Waals surface area contributed by atoms with Gasteiger partial charge < -0.3 is 13.6 Å². The molecule has 0 saturated heterocycles. The topological polar surface area (TPSA) is 87.5 Å². The molecule has 0 radical (unpaired) electrons. The Balaban J connectivity index is 1.56. The highest BCUT2D eigenvalue weighted by atomic mass is 19.1. The van der Waals surface area contributed by atoms with Crippen molar-refractivity contribution in [3.8, 4) is 23.0 Å². The van der Waals surface area contributed by atoms with Crippen LogP contribution in [0.25, 0.3) is 34.0 Å². The van der Waals surface area contributed by atoms with Crippen LogP contribution in [0, 0.1) is 5.95 Å². The standard InChI is InChI=1S/C21H18FN7O/c1-2-9-29-17-7-6-14(21-27-24-13-30-21)11-16(17)26-19(29)12-28-10-8-23-20(28)15-4-3-5-18(22)25-15/h3-8,10-11,13H,2,9,12H2,1H3. The van der Waals surface area contributed by atoms with Gasteiger partial charge in [-0.2, -0.15) is 4.39 Å². The van der Waals surface area contributed by atoms with E-state index in [0.29, 0.717) is 24.0 Å². The number of aromatic nitrogens is 7. The Hall–Kier alpha value is -3.88. The van der Waals surface area contributed by atoms with Crippen molar-refractivity contribution in [1.29, 1.82) is 0 Å². The van der Waals surface area contributed by atoms with E-state index in [1.54, 1.807) is 18.3 Å². The minimum absolute atomic E-state index is 0.456. The van der Waals surface area contributed by atoms with Gasteiger partial charge in [0.15, 0.2) is 5.82 Å². The van der Waals surface area contributed by atoms with E-state index in [4.69, 9.17) is 9.40 Å². The third-order valence-corrected chi connectivity index (χ3v) is 4.85. The van der Waals surface area contributed by atoms with Gasteiger partial charge in [-0.3, -0.25) is 0 Å². The summed E-state index contributed by atoms with van der Waals surface area (Å²) < 4.78 is 23.0. The molecule has 0 aliphatic carbocycles. The molecule has 0 N–H and O–H groups in total. The molecular weight excluding hydrogens is 385 g/mol. The fourth-order valence-corrected chi connectivity index (χ4v) is 3.56. The zero-order chi connectivity index (χ0) is 20.5. The Bertz CT molecular complexity index is 1310. The molecule has 0 fully saturated rings. The second-order valence-corrected chi connectivity index (χ2v) is 6.85. The van der Waals surface area contributed by atoms with Gasteiger partial charge in [0, 0.05) is 24.5 Å². The van der Waals surface area contributed by atoms with Crippen LogP contribution in [0.2, 0.25) is 0 Å². The highest BCUT2D eigenvalue weighted by molar-refractivity contribution is 5.81. The lowest BCUT2D eigenvalue weighted by atomic mass is 10.2. The van der Waals surface area contributed by atoms with Crippen molar-refractivity contribution < 1.29 is 8.81 Å². The van der Waals surface area contributed by atoms with Crippen LogP contribution in [0.1, 0.15) is 19.2 Å². The highest BCUT2D eigenvalue weighted by Crippen LogP contribution is 2.25. The monoisotopic (exact) mass is 403 g/mol. The smallest absolute Gasteiger partial charge is 0.247 e. The molecule has 0 aliphatic rings. The summed E-state index contributed by atoms with van der Waals surface area (Å²) in [5, 5.41) is 7.71. The van der Waals surface area contributed by atoms with Gasteiger partial charge in [0.25, 0.3) is 0 Å². The molecule has 4 heterocycles. The molecule has 0 bridgehead atoms. The highest BCUT2D eigenvalue weighted by Gasteiger charge is 2.16. The summed E-state index contributed by atoms with van der Waals surface area (Å²) in [7, 11) is 0. The first-order valence-corrected chi connectivity index (χ1v) is 9.62. The summed E-state index contributed by atoms with van der Waals surface area (Å²) in [6.07, 6.45) is 5.80. The molecule has 0 atom stereocenters. The van der Waals surface area contributed by atoms with Crippen LogP contribution >= 0.6 is 0 Å². The quantitative estimate of drug-likeness (QED) is 0.399. The number of halogens is 1. The molecule has 0 saturated carbocycles. The van der Waals surface area contributed by atoms with Gasteiger partial charge in [-0.05, 0) is 36.8 Å². The maximum absolute atomic E-state index is 13.6. The fraction of sp³-hybridized carbons (Fsp3) is 0.190. The predicted octanol–water partition coefficient (Wildman–Crippen LogP) is 3.94. The van der Waals surface area contributed by atoms with E-state index in [1.165, 1.54) is 12.5 Å². The predicted molar refractivity (Wildman–Crippen MR) is 108 cm³/mol. The van der Waals surface area contributed by atoms with Gasteiger partial charge >= 0.3 is 0 Å². The van der Waals surface area contributed by atoms with Crippen molar-refractivity contribution in [2.75, 3.05) is 0 Å². The Kier molecular flexibility index (Phi) is 4.55. The average molecular weight is 403 g/mol. The number of pyridine rings is 1. The summed E-state index contributed by atoms with van der Waals surface area (Å²) in [5.74, 6) is 1.40. The summed E-state index contributed by atoms with van der Waals surface area (Å²) in [6.45, 7) is 3.44. The summed E-state index contributed by atoms with van der Waals surface area (Å²) in [6, 6.07) is 10.6. The SMILES string of the molecule is CCCn1c(Cn2ccnc2-c2cccc(F)n2)nc2cc(-c3nnco3)ccc21. The molecule has 30 heavy (non-hydrogen) atoms. The van der Waals surface area contributed by atoms with Crippen molar-refractivity contribution in [3.63, 3.8) is 0 Å². The Morgan fingerprint density at radius 1 is 1.13 bits per heavy atom. The fourth-order valence-electron chi connectivity index (χ4n) is 3.56. The first-order valence-electron chi connectivity index (χ1n) is 9.62. The maximum atomic E-state index is 13.6. The molecular formula is C21H18FN7O. The normalized spacial score (nSPS) is 11.4. The van der Waals surface area contributed by atoms with E-state index in [9.17, 15) is 4.39 Å². The lowest BCUT2D eigenvalue weighted by Crippen LogP contribution is -2.10. The minimum atomic E-state index is -0.533. The number of nitrogens with zero attached hydrogens (tertiary/aromatic N) is 7. The van der Waals surface area contributed by atoms with Gasteiger partial charge in [0.1, 0.15) is 11.5 Å². The molecule has 0 unspecified atom stereocenters. The van der Waals surface area contributed by atoms with Crippen LogP contribution in [0.15, 0.2) is 59.6 Å². The van der Waals surface area contributed by atoms with Crippen molar-refractivity contribution in [2.24, 2.45) is 0 Å². The number of imidazole rings is 2. The Morgan fingerprint density at radius 3 is 2.87 bits per heavy atom. The largest absolute Gasteiger partial charge is 0.423 e. The average Bonchev–Trinajstić information content (AvgIpc) is 3.49. The van der Waals surface area contributed by atoms with Crippen LogP contribution in [0.5, 0.6) is 0 Å². The third-order valence-electron chi connectivity index (χ3n) is 4.85. The number of aryl methyl sites for hydroxylation is 1. The van der Waals surface area contributed by atoms with Gasteiger partial charge in [-0.1, -0.05) is 13.0 Å². The molecule has 1 aromatic carbocycles. The number of fused-ring (bicyclic) bond motifs is 1. The van der Waals surface area contributed by atoms with Crippen LogP contribution in [0.4, 0.5) is 4.39 Å². The second-order valence-electron chi connectivity index (χ2n) is 6.85. The first kappa shape index (κ1) is 18.2. The lowest BCUT2D eigenvalue weighted by molar-refractivity contribution is 0.568. The number of rotatable bonds is 6. The molecule has 150 valence electrons. The van der Waals surface area contributed by atoms with E-state index in [-0.39, 0.29) is 0 Å². The van der Waals surface area contributed by atoms with E-state index >= 15 is 0 Å². The zero-order valence-electron chi connectivity index (χ0n) is 16.2. The van der Waals surface area contributed by atoms with Crippen molar-refractivity contribution >= 4 is 11.0 Å². The summed E-state index contributed by atoms with van der Waals surface area (Å²) >= 11 is 0. The van der Waals surface area contributed by atoms with Crippen molar-refractivity contribution in [2.45, 2.75) is 26.4 Å². The molecule has 8 nitrogen and oxygen atoms in total. The van der Waals surface area contributed by atoms with E-state index in [2.05, 4.69) is 31.7 Å². The number of benzene rings is 1. The van der Waals surface area contributed by atoms with E-state index in [0.717, 1.165) is 35.4 Å². The van der Waals surface area contributed by atoms with Crippen LogP contribution in [-0.2, 0) is 13.1 Å². The summed E-state index contributed by atoms with van der Waals surface area (Å²) in [5.41, 5.74) is 3.18. The number of hydrogen-bond acceptors (Lipinski definition) is 6. The third kappa shape index (κ3) is 3.24. The zero-order valence-corrected chi connectivity index (χ0v) is 16.2. The lowest BCUT2D eigenvalue weighted by Gasteiger charge is -2.10. The minimum Gasteiger partial charge on any atom is -0.423 e. The van der Waals surface area contributed by atoms with E-state index in [1.807, 2.05) is 29.0 Å². The van der Waals surface area contributed by atoms with Gasteiger partial charge in [-0.15, -0.1) is 10.2 Å². The van der Waals surface area contributed by atoms with Crippen molar-refractivity contribution in [1.82, 2.24) is 34.3 Å². The Morgan fingerprint density at radius 2 is 2.07 bits per heavy atom. The van der Waals surface area contributed by atoms with Crippen LogP contribution < -0.4 is 0 Å². The summed E-state index contributed by atoms with van der Waals surface area (Å²) in [4.78, 5) is 13.2. The van der Waals surface area contributed by atoms with Crippen molar-refractivity contribution in [3.05, 3.63) is 67.0 Å². The molecule has 5 aromatic rings. The molecule has 4 aromatic heterocycles. The first-order chi connectivity index (χ1) is 14.7. The molecule has 0 spiro atoms. The van der Waals surface area contributed by atoms with Gasteiger partial charge in [0.2, 0.25) is 18.2 Å². The Labute approximate surface area is 171 Å². The molecule has 5 rings (SSSR count). The molecule has 9 heteroatoms. The maximum Gasteiger partial charge on any atom is 0.247 e. The molecule has 0 amide bonds. The van der Waals surface area contributed by atoms with Gasteiger partial charge in [-0.25, -0.2) is 15.0 Å². The number of hydrogen-bond donors (Lipinski definition) is 0. The van der Waals surface area contributed by atoms with Crippen LogP contribution in [-0.4, -0.2) is 34.3 Å². The van der Waals surface area contributed by atoms with E-state index < -0.39 is 5.95 Å². The van der Waals surface area contributed by atoms with Crippen LogP contribution in [0.3, 0.4) is 0 Å². The van der Waals surface area contributed by atoms with Gasteiger partial charge in [0.05, 0.1) is 17.6 Å².